The van der Waals surface area contributed by atoms with E-state index in [9.17, 15) is 19.2 Å². The monoisotopic (exact) mass is 690 g/mol. The van der Waals surface area contributed by atoms with Gasteiger partial charge < -0.3 is 20.7 Å². The molecule has 5 aliphatic rings. The molecule has 51 heavy (non-hydrogen) atoms. The fourth-order valence-electron chi connectivity index (χ4n) is 7.49. The van der Waals surface area contributed by atoms with E-state index in [0.717, 1.165) is 116 Å². The number of nitrogens with zero attached hydrogens (tertiary/aromatic N) is 5. The normalized spacial score (nSPS) is 24.1. The fraction of sp³-hybridized carbons (Fsp3) is 0.447. The zero-order valence-corrected chi connectivity index (χ0v) is 28.5. The number of aliphatic imine (C=N–C) groups is 1. The molecule has 8 rings (SSSR count). The van der Waals surface area contributed by atoms with Crippen LogP contribution < -0.4 is 21.3 Å². The number of amides is 4. The Hall–Kier alpha value is -5.17. The van der Waals surface area contributed by atoms with Crippen molar-refractivity contribution in [2.24, 2.45) is 22.6 Å². The van der Waals surface area contributed by atoms with E-state index in [2.05, 4.69) is 27.7 Å². The van der Waals surface area contributed by atoms with Crippen LogP contribution in [0.15, 0.2) is 53.3 Å². The van der Waals surface area contributed by atoms with Crippen molar-refractivity contribution in [2.45, 2.75) is 63.5 Å². The summed E-state index contributed by atoms with van der Waals surface area (Å²) in [5, 5.41) is 5.60. The number of ether oxygens (including phenoxy) is 1. The Labute approximate surface area is 295 Å². The SMILES string of the molecule is NC(=C(C=NC1CC(CCCNc2ccc3c(c2)C(=O)N(C2CCC(=O)NC2=O)C3=O)C1)c1cnc2ccc(N3CCOCC3)cc2n1)C1CC1. The van der Waals surface area contributed by atoms with Crippen molar-refractivity contribution in [3.63, 3.8) is 0 Å². The van der Waals surface area contributed by atoms with Crippen LogP contribution in [-0.4, -0.2) is 89.6 Å². The van der Waals surface area contributed by atoms with Crippen LogP contribution in [0, 0.1) is 11.8 Å². The summed E-state index contributed by atoms with van der Waals surface area (Å²) in [6, 6.07) is 10.6. The molecule has 4 heterocycles. The summed E-state index contributed by atoms with van der Waals surface area (Å²) in [6.07, 6.45) is 10.2. The number of nitrogens with two attached hydrogens (primary N) is 1. The molecule has 0 bridgehead atoms. The maximum absolute atomic E-state index is 13.1. The zero-order chi connectivity index (χ0) is 35.1. The number of fused-ring (bicyclic) bond motifs is 2. The fourth-order valence-corrected chi connectivity index (χ4v) is 7.49. The van der Waals surface area contributed by atoms with Crippen molar-refractivity contribution in [3.05, 3.63) is 65.1 Å². The average Bonchev–Trinajstić information content (AvgIpc) is 3.95. The second kappa shape index (κ2) is 13.9. The largest absolute Gasteiger partial charge is 0.401 e. The molecule has 3 aromatic rings. The molecular formula is C38H42N8O5. The van der Waals surface area contributed by atoms with Gasteiger partial charge in [0.25, 0.3) is 11.8 Å². The van der Waals surface area contributed by atoms with E-state index in [4.69, 9.17) is 25.4 Å². The molecule has 13 nitrogen and oxygen atoms in total. The number of allylic oxidation sites excluding steroid dienone is 2. The van der Waals surface area contributed by atoms with E-state index in [0.29, 0.717) is 11.8 Å². The number of benzene rings is 2. The van der Waals surface area contributed by atoms with Crippen LogP contribution in [0.5, 0.6) is 0 Å². The van der Waals surface area contributed by atoms with Crippen molar-refractivity contribution in [3.8, 4) is 0 Å². The Balaban J connectivity index is 0.840. The molecular weight excluding hydrogens is 648 g/mol. The summed E-state index contributed by atoms with van der Waals surface area (Å²) in [6.45, 7) is 3.89. The first-order chi connectivity index (χ1) is 24.8. The smallest absolute Gasteiger partial charge is 0.262 e. The van der Waals surface area contributed by atoms with Crippen molar-refractivity contribution in [1.29, 1.82) is 0 Å². The predicted molar refractivity (Wildman–Crippen MR) is 192 cm³/mol. The lowest BCUT2D eigenvalue weighted by Crippen LogP contribution is -2.54. The predicted octanol–water partition coefficient (Wildman–Crippen LogP) is 3.69. The molecule has 0 spiro atoms. The highest BCUT2D eigenvalue weighted by molar-refractivity contribution is 6.23. The Morgan fingerprint density at radius 1 is 1.00 bits per heavy atom. The van der Waals surface area contributed by atoms with Gasteiger partial charge in [0.1, 0.15) is 6.04 Å². The highest BCUT2D eigenvalue weighted by atomic mass is 16.5. The molecule has 2 aromatic carbocycles. The first kappa shape index (κ1) is 33.0. The molecule has 0 radical (unpaired) electrons. The Morgan fingerprint density at radius 3 is 2.59 bits per heavy atom. The number of rotatable bonds is 11. The summed E-state index contributed by atoms with van der Waals surface area (Å²) in [5.74, 6) is -1.05. The number of morpholine rings is 1. The van der Waals surface area contributed by atoms with E-state index < -0.39 is 29.7 Å². The lowest BCUT2D eigenvalue weighted by atomic mass is 9.78. The van der Waals surface area contributed by atoms with E-state index >= 15 is 0 Å². The van der Waals surface area contributed by atoms with Gasteiger partial charge in [0, 0.05) is 54.9 Å². The van der Waals surface area contributed by atoms with Crippen LogP contribution in [0.4, 0.5) is 11.4 Å². The van der Waals surface area contributed by atoms with E-state index in [1.54, 1.807) is 18.2 Å². The topological polar surface area (TPSA) is 172 Å². The number of imide groups is 2. The first-order valence-electron chi connectivity index (χ1n) is 18.0. The third-order valence-corrected chi connectivity index (χ3v) is 10.7. The van der Waals surface area contributed by atoms with Crippen LogP contribution in [0.2, 0.25) is 0 Å². The number of carbonyl (C=O) groups is 4. The molecule has 2 aliphatic carbocycles. The maximum atomic E-state index is 13.1. The maximum Gasteiger partial charge on any atom is 0.262 e. The number of nitrogens with one attached hydrogen (secondary N) is 2. The molecule has 4 fully saturated rings. The second-order valence-electron chi connectivity index (χ2n) is 14.2. The van der Waals surface area contributed by atoms with Gasteiger partial charge in [0.15, 0.2) is 0 Å². The molecule has 2 saturated heterocycles. The van der Waals surface area contributed by atoms with Gasteiger partial charge in [0.05, 0.1) is 53.3 Å². The number of piperidine rings is 1. The molecule has 4 N–H and O–H groups in total. The van der Waals surface area contributed by atoms with E-state index in [1.165, 1.54) is 0 Å². The van der Waals surface area contributed by atoms with E-state index in [-0.39, 0.29) is 30.0 Å². The quantitative estimate of drug-likeness (QED) is 0.153. The highest BCUT2D eigenvalue weighted by Crippen LogP contribution is 2.38. The third-order valence-electron chi connectivity index (χ3n) is 10.7. The molecule has 264 valence electrons. The molecule has 13 heteroatoms. The Kier molecular flexibility index (Phi) is 8.97. The van der Waals surface area contributed by atoms with Crippen LogP contribution in [-0.2, 0) is 14.3 Å². The molecule has 1 aromatic heterocycles. The zero-order valence-electron chi connectivity index (χ0n) is 28.5. The number of anilines is 2. The van der Waals surface area contributed by atoms with Crippen molar-refractivity contribution in [2.75, 3.05) is 43.1 Å². The van der Waals surface area contributed by atoms with Crippen LogP contribution in [0.25, 0.3) is 16.6 Å². The minimum atomic E-state index is -0.970. The first-order valence-corrected chi connectivity index (χ1v) is 18.0. The number of aromatic nitrogens is 2. The van der Waals surface area contributed by atoms with Crippen molar-refractivity contribution < 1.29 is 23.9 Å². The second-order valence-corrected chi connectivity index (χ2v) is 14.2. The lowest BCUT2D eigenvalue weighted by molar-refractivity contribution is -0.136. The molecule has 1 unspecified atom stereocenters. The number of hydrogen-bond donors (Lipinski definition) is 3. The van der Waals surface area contributed by atoms with Crippen molar-refractivity contribution >= 4 is 57.8 Å². The number of hydrogen-bond acceptors (Lipinski definition) is 11. The minimum Gasteiger partial charge on any atom is -0.401 e. The van der Waals surface area contributed by atoms with Crippen molar-refractivity contribution in [1.82, 2.24) is 20.2 Å². The number of carbonyl (C=O) groups excluding carboxylic acids is 4. The Morgan fingerprint density at radius 2 is 1.80 bits per heavy atom. The minimum absolute atomic E-state index is 0.0926. The molecule has 4 amide bonds. The standard InChI is InChI=1S/C38H42N8O5/c39-35(23-3-4-23)29(32-21-42-30-8-6-26(19-31(30)43-32)45-12-14-51-15-13-45)20-41-25-16-22(17-25)2-1-11-40-24-5-7-27-28(18-24)38(50)46(37(27)49)33-9-10-34(47)44-36(33)48/h5-8,18-23,25,33,40H,1-4,9-17,39H2,(H,44,47,48). The van der Waals surface area contributed by atoms with Gasteiger partial charge in [-0.25, -0.2) is 4.98 Å². The molecule has 2 saturated carbocycles. The van der Waals surface area contributed by atoms with Crippen LogP contribution >= 0.6 is 0 Å². The Bertz CT molecular complexity index is 1960. The third kappa shape index (κ3) is 6.82. The van der Waals surface area contributed by atoms with Gasteiger partial charge in [-0.15, -0.1) is 0 Å². The summed E-state index contributed by atoms with van der Waals surface area (Å²) < 4.78 is 5.52. The molecule has 1 atom stereocenters. The van der Waals surface area contributed by atoms with E-state index in [1.807, 2.05) is 18.5 Å². The van der Waals surface area contributed by atoms with Gasteiger partial charge in [-0.05, 0) is 93.2 Å². The van der Waals surface area contributed by atoms with Gasteiger partial charge in [-0.1, -0.05) is 0 Å². The van der Waals surface area contributed by atoms with Gasteiger partial charge in [-0.2, -0.15) is 0 Å². The summed E-state index contributed by atoms with van der Waals surface area (Å²) in [7, 11) is 0. The van der Waals surface area contributed by atoms with Gasteiger partial charge >= 0.3 is 0 Å². The lowest BCUT2D eigenvalue weighted by Gasteiger charge is -2.32. The van der Waals surface area contributed by atoms with Crippen LogP contribution in [0.1, 0.15) is 77.8 Å². The van der Waals surface area contributed by atoms with Gasteiger partial charge in [-0.3, -0.25) is 39.4 Å². The summed E-state index contributed by atoms with van der Waals surface area (Å²) in [5.41, 5.74) is 13.3. The van der Waals surface area contributed by atoms with Crippen LogP contribution in [0.3, 0.4) is 0 Å². The average molecular weight is 691 g/mol. The summed E-state index contributed by atoms with van der Waals surface area (Å²) >= 11 is 0. The highest BCUT2D eigenvalue weighted by Gasteiger charge is 2.44. The molecule has 3 aliphatic heterocycles. The van der Waals surface area contributed by atoms with Gasteiger partial charge in [0.2, 0.25) is 11.8 Å². The summed E-state index contributed by atoms with van der Waals surface area (Å²) in [4.78, 5) is 68.0.